The number of nitrogens with zero attached hydrogens (tertiary/aromatic N) is 4. The van der Waals surface area contributed by atoms with E-state index in [1.54, 1.807) is 4.90 Å². The highest BCUT2D eigenvalue weighted by Crippen LogP contribution is 2.29. The Morgan fingerprint density at radius 1 is 1.29 bits per heavy atom. The van der Waals surface area contributed by atoms with Crippen molar-refractivity contribution < 1.29 is 9.53 Å². The number of benzene rings is 1. The van der Waals surface area contributed by atoms with Gasteiger partial charge in [0.1, 0.15) is 24.3 Å². The second-order valence-corrected chi connectivity index (χ2v) is 6.03. The lowest BCUT2D eigenvalue weighted by Crippen LogP contribution is -2.32. The summed E-state index contributed by atoms with van der Waals surface area (Å²) in [6.45, 7) is 4.37. The van der Waals surface area contributed by atoms with E-state index >= 15 is 0 Å². The Kier molecular flexibility index (Phi) is 3.81. The maximum Gasteiger partial charge on any atom is 0.267 e. The maximum atomic E-state index is 12.8. The average molecular weight is 323 g/mol. The predicted octanol–water partition coefficient (Wildman–Crippen LogP) is 1.90. The fraction of sp³-hybridized carbons (Fsp3) is 0.294. The summed E-state index contributed by atoms with van der Waals surface area (Å²) in [7, 11) is 0. The van der Waals surface area contributed by atoms with E-state index in [1.165, 1.54) is 6.33 Å². The molecule has 1 aliphatic rings. The van der Waals surface area contributed by atoms with Crippen LogP contribution in [-0.4, -0.2) is 29.0 Å². The first-order chi connectivity index (χ1) is 11.4. The summed E-state index contributed by atoms with van der Waals surface area (Å²) in [5.41, 5.74) is 7.01. The smallest absolute Gasteiger partial charge is 0.267 e. The zero-order valence-corrected chi connectivity index (χ0v) is 13.5. The highest BCUT2D eigenvalue weighted by atomic mass is 16.5. The van der Waals surface area contributed by atoms with E-state index < -0.39 is 5.41 Å². The van der Waals surface area contributed by atoms with Crippen LogP contribution >= 0.6 is 0 Å². The molecule has 0 fully saturated rings. The first-order valence-electron chi connectivity index (χ1n) is 7.51. The third-order valence-electron chi connectivity index (χ3n) is 4.03. The molecule has 0 aliphatic carbocycles. The van der Waals surface area contributed by atoms with Gasteiger partial charge in [0.25, 0.3) is 5.91 Å². The molecular formula is C17H17N5O2. The number of amides is 1. The van der Waals surface area contributed by atoms with E-state index in [-0.39, 0.29) is 23.2 Å². The van der Waals surface area contributed by atoms with Crippen LogP contribution in [0.1, 0.15) is 29.8 Å². The molecule has 0 radical (unpaired) electrons. The van der Waals surface area contributed by atoms with Crippen LogP contribution in [0.25, 0.3) is 0 Å². The Balaban J connectivity index is 1.97. The van der Waals surface area contributed by atoms with Crippen LogP contribution in [0.15, 0.2) is 30.6 Å². The van der Waals surface area contributed by atoms with E-state index in [2.05, 4.69) is 16.0 Å². The van der Waals surface area contributed by atoms with Gasteiger partial charge < -0.3 is 15.4 Å². The monoisotopic (exact) mass is 323 g/mol. The molecule has 1 aliphatic heterocycles. The van der Waals surface area contributed by atoms with Crippen molar-refractivity contribution >= 4 is 17.4 Å². The molecule has 0 saturated heterocycles. The van der Waals surface area contributed by atoms with E-state index in [9.17, 15) is 10.1 Å². The van der Waals surface area contributed by atoms with E-state index in [4.69, 9.17) is 10.5 Å². The second-order valence-electron chi connectivity index (χ2n) is 6.03. The molecule has 0 saturated carbocycles. The number of anilines is 2. The topological polar surface area (TPSA) is 105 Å². The Bertz CT molecular complexity index is 824. The van der Waals surface area contributed by atoms with Gasteiger partial charge in [-0.2, -0.15) is 5.26 Å². The van der Waals surface area contributed by atoms with Crippen LogP contribution in [0.5, 0.6) is 5.88 Å². The number of nitrogen functional groups attached to an aromatic ring is 1. The molecule has 3 rings (SSSR count). The van der Waals surface area contributed by atoms with Crippen molar-refractivity contribution in [1.29, 1.82) is 5.26 Å². The number of carbonyl (C=O) groups excluding carboxylic acids is 1. The van der Waals surface area contributed by atoms with E-state index in [0.717, 1.165) is 5.56 Å². The van der Waals surface area contributed by atoms with Gasteiger partial charge in [-0.25, -0.2) is 9.97 Å². The van der Waals surface area contributed by atoms with Crippen molar-refractivity contribution in [2.75, 3.05) is 23.8 Å². The van der Waals surface area contributed by atoms with Gasteiger partial charge in [-0.1, -0.05) is 12.1 Å². The van der Waals surface area contributed by atoms with Gasteiger partial charge in [0.05, 0.1) is 18.0 Å². The molecule has 0 unspecified atom stereocenters. The van der Waals surface area contributed by atoms with Gasteiger partial charge in [0.15, 0.2) is 0 Å². The minimum atomic E-state index is -0.588. The van der Waals surface area contributed by atoms with Gasteiger partial charge >= 0.3 is 0 Å². The van der Waals surface area contributed by atoms with E-state index in [1.807, 2.05) is 38.1 Å². The molecule has 0 spiro atoms. The van der Waals surface area contributed by atoms with Crippen molar-refractivity contribution in [3.8, 4) is 11.9 Å². The number of nitriles is 1. The lowest BCUT2D eigenvalue weighted by Gasteiger charge is -2.22. The predicted molar refractivity (Wildman–Crippen MR) is 88.7 cm³/mol. The lowest BCUT2D eigenvalue weighted by molar-refractivity contribution is 0.0990. The largest absolute Gasteiger partial charge is 0.475 e. The van der Waals surface area contributed by atoms with Crippen molar-refractivity contribution in [3.05, 3.63) is 41.7 Å². The van der Waals surface area contributed by atoms with Gasteiger partial charge in [-0.05, 0) is 31.5 Å². The molecule has 7 nitrogen and oxygen atoms in total. The van der Waals surface area contributed by atoms with Crippen LogP contribution in [0.4, 0.5) is 11.5 Å². The van der Waals surface area contributed by atoms with Gasteiger partial charge in [-0.15, -0.1) is 0 Å². The molecule has 2 N–H and O–H groups in total. The Morgan fingerprint density at radius 2 is 2.00 bits per heavy atom. The number of fused-ring (bicyclic) bond motifs is 1. The third kappa shape index (κ3) is 2.63. The second kappa shape index (κ2) is 5.81. The molecule has 7 heteroatoms. The number of rotatable bonds is 2. The van der Waals surface area contributed by atoms with Crippen LogP contribution < -0.4 is 15.4 Å². The van der Waals surface area contributed by atoms with Crippen LogP contribution in [0, 0.1) is 11.3 Å². The third-order valence-corrected chi connectivity index (χ3v) is 4.03. The quantitative estimate of drug-likeness (QED) is 0.905. The first kappa shape index (κ1) is 15.7. The minimum absolute atomic E-state index is 0.0964. The summed E-state index contributed by atoms with van der Waals surface area (Å²) < 4.78 is 5.51. The Hall–Kier alpha value is -3.14. The Morgan fingerprint density at radius 3 is 2.67 bits per heavy atom. The fourth-order valence-electron chi connectivity index (χ4n) is 2.53. The lowest BCUT2D eigenvalue weighted by atomic mass is 9.86. The van der Waals surface area contributed by atoms with Crippen molar-refractivity contribution in [2.45, 2.75) is 19.3 Å². The standard InChI is InChI=1S/C17H17N5O2/c1-17(2,9-18)11-3-5-12(6-4-11)22-7-8-24-15-13(16(22)23)14(19)20-10-21-15/h3-6,10H,7-8H2,1-2H3,(H2,19,20,21). The number of hydrogen-bond acceptors (Lipinski definition) is 6. The number of carbonyl (C=O) groups is 1. The van der Waals surface area contributed by atoms with Crippen molar-refractivity contribution in [1.82, 2.24) is 9.97 Å². The normalized spacial score (nSPS) is 14.4. The summed E-state index contributed by atoms with van der Waals surface area (Å²) in [6.07, 6.45) is 1.27. The molecule has 1 aromatic carbocycles. The summed E-state index contributed by atoms with van der Waals surface area (Å²) in [4.78, 5) is 22.3. The highest BCUT2D eigenvalue weighted by Gasteiger charge is 2.29. The summed E-state index contributed by atoms with van der Waals surface area (Å²) >= 11 is 0. The van der Waals surface area contributed by atoms with Crippen molar-refractivity contribution in [3.63, 3.8) is 0 Å². The van der Waals surface area contributed by atoms with Gasteiger partial charge in [-0.3, -0.25) is 4.79 Å². The van der Waals surface area contributed by atoms with Crippen LogP contribution in [-0.2, 0) is 5.41 Å². The van der Waals surface area contributed by atoms with Crippen molar-refractivity contribution in [2.24, 2.45) is 0 Å². The minimum Gasteiger partial charge on any atom is -0.475 e. The number of ether oxygens (including phenoxy) is 1. The van der Waals surface area contributed by atoms with E-state index in [0.29, 0.717) is 18.8 Å². The zero-order valence-electron chi connectivity index (χ0n) is 13.5. The molecule has 0 bridgehead atoms. The SMILES string of the molecule is CC(C)(C#N)c1ccc(N2CCOc3ncnc(N)c3C2=O)cc1. The molecule has 1 amide bonds. The highest BCUT2D eigenvalue weighted by molar-refractivity contribution is 6.10. The van der Waals surface area contributed by atoms with Gasteiger partial charge in [0.2, 0.25) is 5.88 Å². The summed E-state index contributed by atoms with van der Waals surface area (Å²) in [5.74, 6) is 0.00395. The molecular weight excluding hydrogens is 306 g/mol. The summed E-state index contributed by atoms with van der Waals surface area (Å²) in [5, 5.41) is 9.23. The molecule has 2 aromatic rings. The molecule has 2 heterocycles. The fourth-order valence-corrected chi connectivity index (χ4v) is 2.53. The van der Waals surface area contributed by atoms with Gasteiger partial charge in [0, 0.05) is 5.69 Å². The maximum absolute atomic E-state index is 12.8. The number of aromatic nitrogens is 2. The molecule has 1 aromatic heterocycles. The molecule has 0 atom stereocenters. The number of hydrogen-bond donors (Lipinski definition) is 1. The molecule has 122 valence electrons. The molecule has 24 heavy (non-hydrogen) atoms. The van der Waals surface area contributed by atoms with Crippen LogP contribution in [0.2, 0.25) is 0 Å². The van der Waals surface area contributed by atoms with Crippen LogP contribution in [0.3, 0.4) is 0 Å². The Labute approximate surface area is 139 Å². The zero-order chi connectivity index (χ0) is 17.3. The first-order valence-corrected chi connectivity index (χ1v) is 7.51. The summed E-state index contributed by atoms with van der Waals surface area (Å²) in [6, 6.07) is 9.60. The average Bonchev–Trinajstić information content (AvgIpc) is 2.75. The number of nitrogens with two attached hydrogens (primary N) is 1.